The van der Waals surface area contributed by atoms with Crippen molar-refractivity contribution in [1.82, 2.24) is 15.5 Å². The Morgan fingerprint density at radius 3 is 3.19 bits per heavy atom. The zero-order chi connectivity index (χ0) is 11.5. The molecule has 0 aromatic heterocycles. The summed E-state index contributed by atoms with van der Waals surface area (Å²) in [6, 6.07) is -0.163. The molecule has 0 saturated carbocycles. The Balaban J connectivity index is 2.08. The Morgan fingerprint density at radius 1 is 1.69 bits per heavy atom. The van der Waals surface area contributed by atoms with E-state index in [1.807, 2.05) is 11.8 Å². The first-order valence-corrected chi connectivity index (χ1v) is 5.48. The first-order chi connectivity index (χ1) is 7.55. The topological polar surface area (TPSA) is 110 Å². The highest BCUT2D eigenvalue weighted by atomic mass is 16.3. The molecule has 7 nitrogen and oxygen atoms in total. The third-order valence-corrected chi connectivity index (χ3v) is 3.75. The SMILES string of the molecule is C[C@@H]1NC(=N)N2CC[C@H](O)[C@]23NC(N)=N[C@@H]13. The maximum atomic E-state index is 10.2. The predicted molar refractivity (Wildman–Crippen MR) is 58.9 cm³/mol. The average molecular weight is 224 g/mol. The van der Waals surface area contributed by atoms with Gasteiger partial charge in [0.05, 0.1) is 12.1 Å². The standard InChI is InChI=1S/C9H16N6O/c1-4-6-9(14-7(10)13-6)5(16)2-3-15(9)8(11)12-4/h4-6,16H,2-3H2,1H3,(H2,11,12)(H3,10,13,14)/t4-,5-,6-,9-/m0/s1. The molecule has 0 aromatic rings. The minimum atomic E-state index is -0.703. The van der Waals surface area contributed by atoms with Gasteiger partial charge >= 0.3 is 0 Å². The second-order valence-electron chi connectivity index (χ2n) is 4.65. The Bertz CT molecular complexity index is 382. The maximum Gasteiger partial charge on any atom is 0.193 e. The van der Waals surface area contributed by atoms with Crippen molar-refractivity contribution in [3.63, 3.8) is 0 Å². The van der Waals surface area contributed by atoms with Crippen molar-refractivity contribution in [3.05, 3.63) is 0 Å². The number of nitrogens with one attached hydrogen (secondary N) is 3. The van der Waals surface area contributed by atoms with Gasteiger partial charge in [-0.25, -0.2) is 4.99 Å². The van der Waals surface area contributed by atoms with Gasteiger partial charge in [-0.3, -0.25) is 5.41 Å². The number of rotatable bonds is 0. The molecule has 3 aliphatic heterocycles. The number of nitrogens with two attached hydrogens (primary N) is 1. The number of aliphatic hydroxyl groups excluding tert-OH is 1. The van der Waals surface area contributed by atoms with Crippen LogP contribution < -0.4 is 16.4 Å². The number of nitrogens with zero attached hydrogens (tertiary/aromatic N) is 2. The van der Waals surface area contributed by atoms with E-state index in [1.54, 1.807) is 0 Å². The van der Waals surface area contributed by atoms with Crippen molar-refractivity contribution in [3.8, 4) is 0 Å². The normalized spacial score (nSPS) is 45.6. The van der Waals surface area contributed by atoms with Crippen molar-refractivity contribution >= 4 is 11.9 Å². The maximum absolute atomic E-state index is 10.2. The lowest BCUT2D eigenvalue weighted by atomic mass is 9.89. The molecule has 1 spiro atoms. The van der Waals surface area contributed by atoms with Crippen LogP contribution >= 0.6 is 0 Å². The fourth-order valence-corrected chi connectivity index (χ4v) is 3.07. The molecule has 2 saturated heterocycles. The van der Waals surface area contributed by atoms with E-state index in [9.17, 15) is 5.11 Å². The van der Waals surface area contributed by atoms with Crippen LogP contribution in [0.2, 0.25) is 0 Å². The van der Waals surface area contributed by atoms with Gasteiger partial charge in [0.1, 0.15) is 6.04 Å². The van der Waals surface area contributed by atoms with Gasteiger partial charge in [0.25, 0.3) is 0 Å². The lowest BCUT2D eigenvalue weighted by Crippen LogP contribution is -2.75. The minimum absolute atomic E-state index is 0.00921. The summed E-state index contributed by atoms with van der Waals surface area (Å²) in [6.45, 7) is 2.60. The van der Waals surface area contributed by atoms with Crippen molar-refractivity contribution in [1.29, 1.82) is 5.41 Å². The van der Waals surface area contributed by atoms with Gasteiger partial charge in [0.2, 0.25) is 0 Å². The fourth-order valence-electron chi connectivity index (χ4n) is 3.07. The molecule has 16 heavy (non-hydrogen) atoms. The molecule has 0 unspecified atom stereocenters. The van der Waals surface area contributed by atoms with Crippen LogP contribution in [0.1, 0.15) is 13.3 Å². The van der Waals surface area contributed by atoms with Crippen LogP contribution in [0, 0.1) is 5.41 Å². The van der Waals surface area contributed by atoms with Crippen LogP contribution in [0.3, 0.4) is 0 Å². The predicted octanol–water partition coefficient (Wildman–Crippen LogP) is -2.04. The van der Waals surface area contributed by atoms with E-state index < -0.39 is 11.8 Å². The second-order valence-corrected chi connectivity index (χ2v) is 4.65. The Morgan fingerprint density at radius 2 is 2.44 bits per heavy atom. The highest BCUT2D eigenvalue weighted by Crippen LogP contribution is 2.38. The lowest BCUT2D eigenvalue weighted by molar-refractivity contribution is 0.0164. The van der Waals surface area contributed by atoms with E-state index in [2.05, 4.69) is 15.6 Å². The molecule has 7 heteroatoms. The van der Waals surface area contributed by atoms with E-state index in [4.69, 9.17) is 11.1 Å². The van der Waals surface area contributed by atoms with Crippen molar-refractivity contribution in [2.75, 3.05) is 6.54 Å². The minimum Gasteiger partial charge on any atom is -0.389 e. The number of hydrogen-bond donors (Lipinski definition) is 5. The smallest absolute Gasteiger partial charge is 0.193 e. The van der Waals surface area contributed by atoms with Gasteiger partial charge in [-0.15, -0.1) is 0 Å². The van der Waals surface area contributed by atoms with E-state index >= 15 is 0 Å². The van der Waals surface area contributed by atoms with Crippen molar-refractivity contribution in [2.45, 2.75) is 37.2 Å². The highest BCUT2D eigenvalue weighted by molar-refractivity contribution is 5.86. The molecule has 0 aromatic carbocycles. The molecule has 88 valence electrons. The molecular formula is C9H16N6O. The molecule has 3 aliphatic rings. The molecule has 2 fully saturated rings. The summed E-state index contributed by atoms with van der Waals surface area (Å²) in [5, 5.41) is 24.2. The van der Waals surface area contributed by atoms with E-state index in [0.29, 0.717) is 24.9 Å². The first kappa shape index (κ1) is 9.71. The third kappa shape index (κ3) is 0.915. The van der Waals surface area contributed by atoms with Gasteiger partial charge < -0.3 is 26.4 Å². The molecule has 0 amide bonds. The molecular weight excluding hydrogens is 208 g/mol. The largest absolute Gasteiger partial charge is 0.389 e. The highest BCUT2D eigenvalue weighted by Gasteiger charge is 2.61. The van der Waals surface area contributed by atoms with Gasteiger partial charge in [0, 0.05) is 6.54 Å². The van der Waals surface area contributed by atoms with E-state index in [-0.39, 0.29) is 12.1 Å². The van der Waals surface area contributed by atoms with Crippen molar-refractivity contribution < 1.29 is 5.11 Å². The van der Waals surface area contributed by atoms with Crippen LogP contribution in [-0.2, 0) is 0 Å². The number of aliphatic imine (C=N–C) groups is 1. The monoisotopic (exact) mass is 224 g/mol. The Hall–Kier alpha value is -1.50. The number of guanidine groups is 2. The summed E-state index contributed by atoms with van der Waals surface area (Å²) >= 11 is 0. The zero-order valence-electron chi connectivity index (χ0n) is 9.07. The Kier molecular flexibility index (Phi) is 1.69. The number of hydrogen-bond acceptors (Lipinski definition) is 5. The zero-order valence-corrected chi connectivity index (χ0v) is 9.07. The van der Waals surface area contributed by atoms with Gasteiger partial charge in [-0.05, 0) is 13.3 Å². The summed E-state index contributed by atoms with van der Waals surface area (Å²) in [5.74, 6) is 0.678. The molecule has 0 bridgehead atoms. The summed E-state index contributed by atoms with van der Waals surface area (Å²) < 4.78 is 0. The molecule has 3 heterocycles. The summed E-state index contributed by atoms with van der Waals surface area (Å²) in [7, 11) is 0. The van der Waals surface area contributed by atoms with E-state index in [1.165, 1.54) is 0 Å². The van der Waals surface area contributed by atoms with Crippen LogP contribution in [0.15, 0.2) is 4.99 Å². The Labute approximate surface area is 93.2 Å². The molecule has 0 aliphatic carbocycles. The van der Waals surface area contributed by atoms with Gasteiger partial charge in [-0.1, -0.05) is 0 Å². The van der Waals surface area contributed by atoms with Gasteiger partial charge in [0.15, 0.2) is 17.6 Å². The molecule has 4 atom stereocenters. The number of aliphatic hydroxyl groups is 1. The molecule has 6 N–H and O–H groups in total. The first-order valence-electron chi connectivity index (χ1n) is 5.48. The molecule has 3 rings (SSSR count). The van der Waals surface area contributed by atoms with E-state index in [0.717, 1.165) is 0 Å². The summed E-state index contributed by atoms with van der Waals surface area (Å²) in [4.78, 5) is 6.16. The van der Waals surface area contributed by atoms with Crippen LogP contribution in [0.25, 0.3) is 0 Å². The second kappa shape index (κ2) is 2.79. The lowest BCUT2D eigenvalue weighted by Gasteiger charge is -2.48. The van der Waals surface area contributed by atoms with Gasteiger partial charge in [-0.2, -0.15) is 0 Å². The fraction of sp³-hybridized carbons (Fsp3) is 0.778. The van der Waals surface area contributed by atoms with Crippen molar-refractivity contribution in [2.24, 2.45) is 10.7 Å². The van der Waals surface area contributed by atoms with Crippen LogP contribution in [-0.4, -0.2) is 52.3 Å². The molecule has 0 radical (unpaired) electrons. The van der Waals surface area contributed by atoms with Crippen LogP contribution in [0.5, 0.6) is 0 Å². The van der Waals surface area contributed by atoms with Crippen LogP contribution in [0.4, 0.5) is 0 Å². The summed E-state index contributed by atoms with van der Waals surface area (Å²) in [5.41, 5.74) is 5.02. The average Bonchev–Trinajstić information content (AvgIpc) is 2.70. The summed E-state index contributed by atoms with van der Waals surface area (Å²) in [6.07, 6.45) is 0.0792. The third-order valence-electron chi connectivity index (χ3n) is 3.75. The quantitative estimate of drug-likeness (QED) is 0.326.